The van der Waals surface area contributed by atoms with Crippen molar-refractivity contribution in [2.75, 3.05) is 18.4 Å². The minimum Gasteiger partial charge on any atom is -0.377 e. The molecule has 2 aromatic carbocycles. The third-order valence-corrected chi connectivity index (χ3v) is 5.15. The van der Waals surface area contributed by atoms with E-state index in [0.717, 1.165) is 37.4 Å². The van der Waals surface area contributed by atoms with Gasteiger partial charge in [0.1, 0.15) is 6.33 Å². The normalized spacial score (nSPS) is 14.1. The quantitative estimate of drug-likeness (QED) is 0.704. The van der Waals surface area contributed by atoms with E-state index < -0.39 is 0 Å². The summed E-state index contributed by atoms with van der Waals surface area (Å²) in [6.45, 7) is 2.04. The summed E-state index contributed by atoms with van der Waals surface area (Å²) < 4.78 is 1.78. The van der Waals surface area contributed by atoms with Gasteiger partial charge in [-0.3, -0.25) is 4.79 Å². The number of aromatic nitrogens is 3. The Morgan fingerprint density at radius 1 is 1.07 bits per heavy atom. The van der Waals surface area contributed by atoms with Crippen molar-refractivity contribution in [1.82, 2.24) is 19.7 Å². The summed E-state index contributed by atoms with van der Waals surface area (Å²) in [6, 6.07) is 15.2. The number of hydrogen-bond acceptors (Lipinski definition) is 4. The Morgan fingerprint density at radius 2 is 1.86 bits per heavy atom. The van der Waals surface area contributed by atoms with Crippen LogP contribution < -0.4 is 5.32 Å². The first-order valence-corrected chi connectivity index (χ1v) is 9.87. The molecule has 7 heteroatoms. The number of likely N-dealkylation sites (tertiary alicyclic amines) is 1. The molecule has 2 heterocycles. The molecule has 0 bridgehead atoms. The lowest BCUT2D eigenvalue weighted by Gasteiger charge is -2.27. The Bertz CT molecular complexity index is 950. The van der Waals surface area contributed by atoms with Crippen LogP contribution in [0.5, 0.6) is 0 Å². The van der Waals surface area contributed by atoms with Gasteiger partial charge in [-0.25, -0.2) is 9.67 Å². The van der Waals surface area contributed by atoms with E-state index in [4.69, 9.17) is 11.6 Å². The fourth-order valence-corrected chi connectivity index (χ4v) is 3.63. The van der Waals surface area contributed by atoms with Gasteiger partial charge in [0.2, 0.25) is 0 Å². The molecule has 3 aromatic rings. The SMILES string of the molecule is O=C(c1ccc(Cl)cc1NCc1ncnn1-c1ccccc1)N1CCCCC1. The van der Waals surface area contributed by atoms with Gasteiger partial charge in [0.25, 0.3) is 5.91 Å². The predicted octanol–water partition coefficient (Wildman–Crippen LogP) is 4.16. The second-order valence-electron chi connectivity index (χ2n) is 6.82. The summed E-state index contributed by atoms with van der Waals surface area (Å²) in [5.74, 6) is 0.797. The average Bonchev–Trinajstić information content (AvgIpc) is 3.22. The van der Waals surface area contributed by atoms with E-state index in [0.29, 0.717) is 22.8 Å². The Labute approximate surface area is 169 Å². The Kier molecular flexibility index (Phi) is 5.58. The molecule has 1 aliphatic rings. The van der Waals surface area contributed by atoms with Crippen molar-refractivity contribution in [2.45, 2.75) is 25.8 Å². The molecule has 1 saturated heterocycles. The van der Waals surface area contributed by atoms with Gasteiger partial charge in [0.05, 0.1) is 17.8 Å². The lowest BCUT2D eigenvalue weighted by Crippen LogP contribution is -2.36. The van der Waals surface area contributed by atoms with E-state index in [-0.39, 0.29) is 5.91 Å². The number of para-hydroxylation sites is 1. The molecule has 1 aromatic heterocycles. The predicted molar refractivity (Wildman–Crippen MR) is 110 cm³/mol. The molecule has 0 unspecified atom stereocenters. The van der Waals surface area contributed by atoms with Crippen LogP contribution in [0.15, 0.2) is 54.9 Å². The number of nitrogens with zero attached hydrogens (tertiary/aromatic N) is 4. The summed E-state index contributed by atoms with van der Waals surface area (Å²) >= 11 is 6.20. The summed E-state index contributed by atoms with van der Waals surface area (Å²) in [7, 11) is 0. The van der Waals surface area contributed by atoms with E-state index in [1.807, 2.05) is 35.2 Å². The maximum Gasteiger partial charge on any atom is 0.255 e. The van der Waals surface area contributed by atoms with Gasteiger partial charge in [-0.05, 0) is 49.6 Å². The van der Waals surface area contributed by atoms with Crippen LogP contribution in [0.1, 0.15) is 35.4 Å². The van der Waals surface area contributed by atoms with E-state index >= 15 is 0 Å². The standard InChI is InChI=1S/C21H22ClN5O/c22-16-9-10-18(21(28)26-11-5-2-6-12-26)19(13-16)23-14-20-24-15-25-27(20)17-7-3-1-4-8-17/h1,3-4,7-10,13,15,23H,2,5-6,11-12,14H2. The van der Waals surface area contributed by atoms with Crippen molar-refractivity contribution in [3.05, 3.63) is 71.3 Å². The van der Waals surface area contributed by atoms with Crippen molar-refractivity contribution < 1.29 is 4.79 Å². The van der Waals surface area contributed by atoms with Gasteiger partial charge in [0, 0.05) is 23.8 Å². The number of nitrogens with one attached hydrogen (secondary N) is 1. The van der Waals surface area contributed by atoms with Gasteiger partial charge < -0.3 is 10.2 Å². The zero-order valence-corrected chi connectivity index (χ0v) is 16.3. The largest absolute Gasteiger partial charge is 0.377 e. The minimum atomic E-state index is 0.0448. The minimum absolute atomic E-state index is 0.0448. The number of anilines is 1. The van der Waals surface area contributed by atoms with Crippen molar-refractivity contribution in [1.29, 1.82) is 0 Å². The first kappa shape index (κ1) is 18.5. The monoisotopic (exact) mass is 395 g/mol. The molecule has 6 nitrogen and oxygen atoms in total. The van der Waals surface area contributed by atoms with Crippen LogP contribution in [-0.4, -0.2) is 38.7 Å². The first-order valence-electron chi connectivity index (χ1n) is 9.49. The van der Waals surface area contributed by atoms with Crippen molar-refractivity contribution in [2.24, 2.45) is 0 Å². The molecule has 1 amide bonds. The maximum atomic E-state index is 13.0. The maximum absolute atomic E-state index is 13.0. The van der Waals surface area contributed by atoms with E-state index in [2.05, 4.69) is 15.4 Å². The number of amides is 1. The van der Waals surface area contributed by atoms with E-state index in [9.17, 15) is 4.79 Å². The topological polar surface area (TPSA) is 63.1 Å². The molecule has 0 radical (unpaired) electrons. The summed E-state index contributed by atoms with van der Waals surface area (Å²) in [6.07, 6.45) is 4.83. The van der Waals surface area contributed by atoms with Crippen molar-refractivity contribution >= 4 is 23.2 Å². The van der Waals surface area contributed by atoms with Crippen LogP contribution in [-0.2, 0) is 6.54 Å². The Balaban J connectivity index is 1.55. The zero-order chi connectivity index (χ0) is 19.3. The third kappa shape index (κ3) is 4.02. The fraction of sp³-hybridized carbons (Fsp3) is 0.286. The number of rotatable bonds is 5. The van der Waals surface area contributed by atoms with Crippen LogP contribution in [0.3, 0.4) is 0 Å². The van der Waals surface area contributed by atoms with Gasteiger partial charge in [-0.15, -0.1) is 0 Å². The van der Waals surface area contributed by atoms with Crippen LogP contribution in [0.4, 0.5) is 5.69 Å². The molecule has 1 aliphatic heterocycles. The Hall–Kier alpha value is -2.86. The number of carbonyl (C=O) groups is 1. The molecule has 0 saturated carbocycles. The highest BCUT2D eigenvalue weighted by Crippen LogP contribution is 2.24. The second-order valence-corrected chi connectivity index (χ2v) is 7.26. The first-order chi connectivity index (χ1) is 13.7. The highest BCUT2D eigenvalue weighted by molar-refractivity contribution is 6.31. The van der Waals surface area contributed by atoms with Gasteiger partial charge in [-0.2, -0.15) is 5.10 Å². The van der Waals surface area contributed by atoms with Crippen LogP contribution >= 0.6 is 11.6 Å². The summed E-state index contributed by atoms with van der Waals surface area (Å²) in [5, 5.41) is 8.23. The van der Waals surface area contributed by atoms with Crippen LogP contribution in [0.2, 0.25) is 5.02 Å². The highest BCUT2D eigenvalue weighted by Gasteiger charge is 2.21. The molecule has 0 aliphatic carbocycles. The number of benzene rings is 2. The van der Waals surface area contributed by atoms with E-state index in [1.165, 1.54) is 12.7 Å². The fourth-order valence-electron chi connectivity index (χ4n) is 3.46. The molecule has 4 rings (SSSR count). The van der Waals surface area contributed by atoms with Gasteiger partial charge >= 0.3 is 0 Å². The molecule has 1 fully saturated rings. The molecule has 0 spiro atoms. The van der Waals surface area contributed by atoms with Crippen molar-refractivity contribution in [3.63, 3.8) is 0 Å². The lowest BCUT2D eigenvalue weighted by molar-refractivity contribution is 0.0725. The molecule has 0 atom stereocenters. The van der Waals surface area contributed by atoms with E-state index in [1.54, 1.807) is 22.9 Å². The van der Waals surface area contributed by atoms with Crippen LogP contribution in [0, 0.1) is 0 Å². The third-order valence-electron chi connectivity index (χ3n) is 4.91. The zero-order valence-electron chi connectivity index (χ0n) is 15.5. The molecule has 1 N–H and O–H groups in total. The molecule has 144 valence electrons. The number of piperidine rings is 1. The second kappa shape index (κ2) is 8.44. The van der Waals surface area contributed by atoms with Gasteiger partial charge in [-0.1, -0.05) is 29.8 Å². The summed E-state index contributed by atoms with van der Waals surface area (Å²) in [4.78, 5) is 19.3. The van der Waals surface area contributed by atoms with Crippen molar-refractivity contribution in [3.8, 4) is 5.69 Å². The molecule has 28 heavy (non-hydrogen) atoms. The highest BCUT2D eigenvalue weighted by atomic mass is 35.5. The number of hydrogen-bond donors (Lipinski definition) is 1. The smallest absolute Gasteiger partial charge is 0.255 e. The number of carbonyl (C=O) groups excluding carboxylic acids is 1. The number of halogens is 1. The lowest BCUT2D eigenvalue weighted by atomic mass is 10.1. The average molecular weight is 396 g/mol. The van der Waals surface area contributed by atoms with Gasteiger partial charge in [0.15, 0.2) is 5.82 Å². The summed E-state index contributed by atoms with van der Waals surface area (Å²) in [5.41, 5.74) is 2.29. The van der Waals surface area contributed by atoms with Crippen LogP contribution in [0.25, 0.3) is 5.69 Å². The molecular formula is C21H22ClN5O. The Morgan fingerprint density at radius 3 is 2.64 bits per heavy atom. The molecular weight excluding hydrogens is 374 g/mol.